The molecule has 0 aliphatic heterocycles. The van der Waals surface area contributed by atoms with Gasteiger partial charge in [0.05, 0.1) is 4.47 Å². The summed E-state index contributed by atoms with van der Waals surface area (Å²) in [6.45, 7) is 2.02. The van der Waals surface area contributed by atoms with E-state index in [2.05, 4.69) is 47.1 Å². The summed E-state index contributed by atoms with van der Waals surface area (Å²) < 4.78 is 1.82. The molecule has 0 bridgehead atoms. The average Bonchev–Trinajstić information content (AvgIpc) is 2.27. The predicted molar refractivity (Wildman–Crippen MR) is 76.3 cm³/mol. The van der Waals surface area contributed by atoms with E-state index in [9.17, 15) is 0 Å². The summed E-state index contributed by atoms with van der Waals surface area (Å²) in [6.07, 6.45) is 1.62. The van der Waals surface area contributed by atoms with Crippen LogP contribution >= 0.6 is 31.9 Å². The minimum absolute atomic E-state index is 0.241. The number of nitrogens with one attached hydrogen (secondary N) is 1. The Morgan fingerprint density at radius 3 is 2.76 bits per heavy atom. The fraction of sp³-hybridized carbons (Fsp3) is 0.0909. The lowest BCUT2D eigenvalue weighted by atomic mass is 10.2. The first-order valence-corrected chi connectivity index (χ1v) is 6.46. The molecule has 0 fully saturated rings. The van der Waals surface area contributed by atoms with Gasteiger partial charge >= 0.3 is 0 Å². The van der Waals surface area contributed by atoms with Crippen molar-refractivity contribution in [3.05, 3.63) is 38.9 Å². The number of benzene rings is 1. The number of aromatic nitrogens is 2. The minimum Gasteiger partial charge on any atom is -0.368 e. The first kappa shape index (κ1) is 12.3. The second kappa shape index (κ2) is 5.01. The van der Waals surface area contributed by atoms with Crippen LogP contribution in [0, 0.1) is 6.92 Å². The van der Waals surface area contributed by atoms with Crippen LogP contribution in [0.5, 0.6) is 0 Å². The summed E-state index contributed by atoms with van der Waals surface area (Å²) >= 11 is 6.80. The summed E-state index contributed by atoms with van der Waals surface area (Å²) in [5.41, 5.74) is 7.65. The Bertz CT molecular complexity index is 557. The van der Waals surface area contributed by atoms with Gasteiger partial charge in [-0.05, 0) is 46.6 Å². The first-order chi connectivity index (χ1) is 8.06. The summed E-state index contributed by atoms with van der Waals surface area (Å²) in [6, 6.07) is 5.97. The van der Waals surface area contributed by atoms with Crippen LogP contribution in [0.25, 0.3) is 0 Å². The molecule has 2 rings (SSSR count). The van der Waals surface area contributed by atoms with Crippen molar-refractivity contribution in [2.75, 3.05) is 11.1 Å². The van der Waals surface area contributed by atoms with E-state index in [1.807, 2.05) is 25.1 Å². The molecule has 0 aliphatic carbocycles. The van der Waals surface area contributed by atoms with Crippen LogP contribution in [0.3, 0.4) is 0 Å². The summed E-state index contributed by atoms with van der Waals surface area (Å²) in [5, 5.41) is 3.21. The Labute approximate surface area is 116 Å². The van der Waals surface area contributed by atoms with E-state index >= 15 is 0 Å². The molecule has 0 spiro atoms. The van der Waals surface area contributed by atoms with Crippen molar-refractivity contribution in [2.24, 2.45) is 0 Å². The number of anilines is 3. The van der Waals surface area contributed by atoms with E-state index in [0.717, 1.165) is 20.2 Å². The Morgan fingerprint density at radius 1 is 1.29 bits per heavy atom. The standard InChI is InChI=1S/C11H10Br2N4/c1-6-4-7(12)2-3-9(6)16-10-8(13)5-15-11(14)17-10/h2-5H,1H3,(H3,14,15,16,17). The number of hydrogen-bond donors (Lipinski definition) is 2. The summed E-state index contributed by atoms with van der Waals surface area (Å²) in [7, 11) is 0. The molecule has 3 N–H and O–H groups in total. The zero-order valence-corrected chi connectivity index (χ0v) is 12.2. The third-order valence-electron chi connectivity index (χ3n) is 2.20. The Morgan fingerprint density at radius 2 is 2.06 bits per heavy atom. The van der Waals surface area contributed by atoms with Crippen molar-refractivity contribution in [1.29, 1.82) is 0 Å². The zero-order chi connectivity index (χ0) is 12.4. The highest BCUT2D eigenvalue weighted by Crippen LogP contribution is 2.27. The maximum atomic E-state index is 5.55. The van der Waals surface area contributed by atoms with E-state index in [-0.39, 0.29) is 5.95 Å². The third kappa shape index (κ3) is 2.95. The van der Waals surface area contributed by atoms with Gasteiger partial charge in [-0.25, -0.2) is 4.98 Å². The molecule has 0 saturated carbocycles. The van der Waals surface area contributed by atoms with E-state index in [0.29, 0.717) is 5.82 Å². The van der Waals surface area contributed by atoms with Crippen molar-refractivity contribution >= 4 is 49.3 Å². The fourth-order valence-electron chi connectivity index (χ4n) is 1.36. The van der Waals surface area contributed by atoms with Gasteiger partial charge < -0.3 is 11.1 Å². The van der Waals surface area contributed by atoms with E-state index in [1.165, 1.54) is 0 Å². The molecule has 1 aromatic carbocycles. The second-order valence-electron chi connectivity index (χ2n) is 3.51. The summed E-state index contributed by atoms with van der Waals surface area (Å²) in [5.74, 6) is 0.897. The molecule has 1 heterocycles. The first-order valence-electron chi connectivity index (χ1n) is 4.87. The number of halogens is 2. The highest BCUT2D eigenvalue weighted by molar-refractivity contribution is 9.10. The van der Waals surface area contributed by atoms with Crippen LogP contribution in [0.15, 0.2) is 33.3 Å². The predicted octanol–water partition coefficient (Wildman–Crippen LogP) is 3.64. The molecule has 0 unspecified atom stereocenters. The van der Waals surface area contributed by atoms with Crippen molar-refractivity contribution in [3.63, 3.8) is 0 Å². The molecule has 17 heavy (non-hydrogen) atoms. The van der Waals surface area contributed by atoms with Crippen molar-refractivity contribution in [2.45, 2.75) is 6.92 Å². The molecule has 0 amide bonds. The number of hydrogen-bond acceptors (Lipinski definition) is 4. The molecule has 0 aliphatic rings. The molecule has 0 radical (unpaired) electrons. The number of nitrogens with zero attached hydrogens (tertiary/aromatic N) is 2. The Kier molecular flexibility index (Phi) is 3.63. The topological polar surface area (TPSA) is 63.8 Å². The summed E-state index contributed by atoms with van der Waals surface area (Å²) in [4.78, 5) is 8.02. The maximum Gasteiger partial charge on any atom is 0.222 e. The molecule has 4 nitrogen and oxygen atoms in total. The van der Waals surface area contributed by atoms with E-state index < -0.39 is 0 Å². The lowest BCUT2D eigenvalue weighted by Crippen LogP contribution is -2.01. The van der Waals surface area contributed by atoms with Crippen molar-refractivity contribution in [3.8, 4) is 0 Å². The van der Waals surface area contributed by atoms with Gasteiger partial charge in [0.25, 0.3) is 0 Å². The molecule has 0 atom stereocenters. The highest BCUT2D eigenvalue weighted by Gasteiger charge is 2.05. The smallest absolute Gasteiger partial charge is 0.222 e. The van der Waals surface area contributed by atoms with E-state index in [1.54, 1.807) is 6.20 Å². The molecule has 2 aromatic rings. The van der Waals surface area contributed by atoms with Gasteiger partial charge in [-0.2, -0.15) is 4.98 Å². The number of nitrogen functional groups attached to an aromatic ring is 1. The van der Waals surface area contributed by atoms with Crippen LogP contribution in [0.2, 0.25) is 0 Å². The van der Waals surface area contributed by atoms with Crippen LogP contribution in [0.4, 0.5) is 17.5 Å². The third-order valence-corrected chi connectivity index (χ3v) is 3.28. The van der Waals surface area contributed by atoms with Crippen molar-refractivity contribution in [1.82, 2.24) is 9.97 Å². The quantitative estimate of drug-likeness (QED) is 0.861. The number of nitrogens with two attached hydrogens (primary N) is 1. The molecule has 1 aromatic heterocycles. The van der Waals surface area contributed by atoms with Gasteiger partial charge in [-0.1, -0.05) is 15.9 Å². The Balaban J connectivity index is 2.34. The highest BCUT2D eigenvalue weighted by atomic mass is 79.9. The monoisotopic (exact) mass is 356 g/mol. The normalized spacial score (nSPS) is 10.3. The van der Waals surface area contributed by atoms with Gasteiger partial charge in [0, 0.05) is 16.4 Å². The maximum absolute atomic E-state index is 5.55. The fourth-order valence-corrected chi connectivity index (χ4v) is 2.13. The van der Waals surface area contributed by atoms with Crippen molar-refractivity contribution < 1.29 is 0 Å². The second-order valence-corrected chi connectivity index (χ2v) is 5.28. The lowest BCUT2D eigenvalue weighted by Gasteiger charge is -2.10. The van der Waals surface area contributed by atoms with Crippen LogP contribution in [0.1, 0.15) is 5.56 Å². The molecule has 0 saturated heterocycles. The number of rotatable bonds is 2. The molecule has 6 heteroatoms. The minimum atomic E-state index is 0.241. The van der Waals surface area contributed by atoms with Crippen LogP contribution in [-0.2, 0) is 0 Å². The lowest BCUT2D eigenvalue weighted by molar-refractivity contribution is 1.17. The van der Waals surface area contributed by atoms with Gasteiger partial charge in [0.2, 0.25) is 5.95 Å². The molecular formula is C11H10Br2N4. The zero-order valence-electron chi connectivity index (χ0n) is 9.04. The van der Waals surface area contributed by atoms with Gasteiger partial charge in [0.15, 0.2) is 0 Å². The van der Waals surface area contributed by atoms with Gasteiger partial charge in [0.1, 0.15) is 5.82 Å². The largest absolute Gasteiger partial charge is 0.368 e. The van der Waals surface area contributed by atoms with Crippen LogP contribution < -0.4 is 11.1 Å². The van der Waals surface area contributed by atoms with E-state index in [4.69, 9.17) is 5.73 Å². The number of aryl methyl sites for hydroxylation is 1. The molecule has 88 valence electrons. The Hall–Kier alpha value is -1.14. The molecular weight excluding hydrogens is 348 g/mol. The SMILES string of the molecule is Cc1cc(Br)ccc1Nc1nc(N)ncc1Br. The van der Waals surface area contributed by atoms with Gasteiger partial charge in [-0.15, -0.1) is 0 Å². The van der Waals surface area contributed by atoms with Crippen LogP contribution in [-0.4, -0.2) is 9.97 Å². The average molecular weight is 358 g/mol. The van der Waals surface area contributed by atoms with Gasteiger partial charge in [-0.3, -0.25) is 0 Å².